The zero-order valence-corrected chi connectivity index (χ0v) is 24.7. The Morgan fingerprint density at radius 1 is 0.977 bits per heavy atom. The fourth-order valence-corrected chi connectivity index (χ4v) is 5.55. The second kappa shape index (κ2) is 13.1. The topological polar surface area (TPSA) is 78.7 Å². The minimum atomic E-state index is -0.436. The van der Waals surface area contributed by atoms with Gasteiger partial charge < -0.3 is 24.6 Å². The first-order valence-electron chi connectivity index (χ1n) is 14.3. The van der Waals surface area contributed by atoms with Crippen molar-refractivity contribution in [2.75, 3.05) is 45.1 Å². The van der Waals surface area contributed by atoms with Crippen molar-refractivity contribution >= 4 is 34.0 Å². The maximum Gasteiger partial charge on any atom is 0.141 e. The monoisotopic (exact) mass is 600 g/mol. The van der Waals surface area contributed by atoms with Gasteiger partial charge in [-0.2, -0.15) is 0 Å². The zero-order chi connectivity index (χ0) is 29.8. The molecule has 1 unspecified atom stereocenters. The van der Waals surface area contributed by atoms with E-state index >= 15 is 0 Å². The Morgan fingerprint density at radius 2 is 1.84 bits per heavy atom. The Bertz CT molecular complexity index is 1700. The van der Waals surface area contributed by atoms with Crippen molar-refractivity contribution in [3.8, 4) is 16.9 Å². The molecule has 1 aliphatic rings. The lowest BCUT2D eigenvalue weighted by Gasteiger charge is -2.33. The van der Waals surface area contributed by atoms with Gasteiger partial charge in [-0.05, 0) is 72.3 Å². The lowest BCUT2D eigenvalue weighted by molar-refractivity contribution is 0.0711. The van der Waals surface area contributed by atoms with Gasteiger partial charge in [0, 0.05) is 62.7 Å². The van der Waals surface area contributed by atoms with Crippen molar-refractivity contribution in [3.05, 3.63) is 102 Å². The third kappa shape index (κ3) is 7.32. The van der Waals surface area contributed by atoms with Gasteiger partial charge >= 0.3 is 0 Å². The van der Waals surface area contributed by atoms with Gasteiger partial charge in [0.1, 0.15) is 30.3 Å². The number of ether oxygens (including phenoxy) is 1. The van der Waals surface area contributed by atoms with Crippen molar-refractivity contribution < 1.29 is 14.2 Å². The van der Waals surface area contributed by atoms with E-state index in [1.165, 1.54) is 18.5 Å². The summed E-state index contributed by atoms with van der Waals surface area (Å²) in [4.78, 5) is 13.6. The summed E-state index contributed by atoms with van der Waals surface area (Å²) in [5, 5.41) is 15.4. The molecule has 43 heavy (non-hydrogen) atoms. The van der Waals surface area contributed by atoms with Gasteiger partial charge in [0.05, 0.1) is 16.6 Å². The van der Waals surface area contributed by atoms with E-state index in [1.807, 2.05) is 29.0 Å². The van der Waals surface area contributed by atoms with Gasteiger partial charge in [-0.15, -0.1) is 0 Å². The summed E-state index contributed by atoms with van der Waals surface area (Å²) in [5.41, 5.74) is 4.35. The normalized spacial score (nSPS) is 15.1. The fourth-order valence-electron chi connectivity index (χ4n) is 5.31. The summed E-state index contributed by atoms with van der Waals surface area (Å²) < 4.78 is 21.3. The van der Waals surface area contributed by atoms with Gasteiger partial charge in [-0.25, -0.2) is 14.4 Å². The molecule has 0 bridgehead atoms. The highest BCUT2D eigenvalue weighted by atomic mass is 35.5. The van der Waals surface area contributed by atoms with E-state index in [2.05, 4.69) is 50.5 Å². The van der Waals surface area contributed by atoms with E-state index in [0.29, 0.717) is 29.7 Å². The third-order valence-electron chi connectivity index (χ3n) is 7.68. The SMILES string of the molecule is CN1CCN(CC(O)Cn2ccc(-c3ccc4ncnc(Nc5ccc(OCc6cccc(F)c6)c(Cl)c5)c4c3)c2)CC1. The van der Waals surface area contributed by atoms with Crippen molar-refractivity contribution in [3.63, 3.8) is 0 Å². The van der Waals surface area contributed by atoms with E-state index in [9.17, 15) is 9.50 Å². The smallest absolute Gasteiger partial charge is 0.141 e. The number of hydrogen-bond acceptors (Lipinski definition) is 7. The number of benzene rings is 3. The average molecular weight is 601 g/mol. The Labute approximate surface area is 255 Å². The Hall–Kier alpha value is -4.02. The molecule has 3 heterocycles. The second-order valence-corrected chi connectivity index (χ2v) is 11.4. The van der Waals surface area contributed by atoms with Crippen molar-refractivity contribution in [2.45, 2.75) is 19.3 Å². The maximum absolute atomic E-state index is 13.5. The number of fused-ring (bicyclic) bond motifs is 1. The van der Waals surface area contributed by atoms with Gasteiger partial charge in [-0.3, -0.25) is 4.90 Å². The first kappa shape index (κ1) is 29.1. The molecule has 1 aliphatic heterocycles. The number of aliphatic hydroxyl groups is 1. The maximum atomic E-state index is 13.5. The van der Waals surface area contributed by atoms with Gasteiger partial charge in [0.25, 0.3) is 0 Å². The van der Waals surface area contributed by atoms with Crippen LogP contribution in [0.25, 0.3) is 22.0 Å². The predicted octanol–water partition coefficient (Wildman–Crippen LogP) is 5.82. The zero-order valence-electron chi connectivity index (χ0n) is 24.0. The van der Waals surface area contributed by atoms with Crippen LogP contribution < -0.4 is 10.1 Å². The Morgan fingerprint density at radius 3 is 2.65 bits per heavy atom. The number of anilines is 2. The lowest BCUT2D eigenvalue weighted by atomic mass is 10.1. The number of likely N-dealkylation sites (N-methyl/N-ethyl adjacent to an activating group) is 1. The van der Waals surface area contributed by atoms with Gasteiger partial charge in [0.2, 0.25) is 0 Å². The molecule has 10 heteroatoms. The molecule has 222 valence electrons. The van der Waals surface area contributed by atoms with Crippen molar-refractivity contribution in [2.24, 2.45) is 0 Å². The first-order valence-corrected chi connectivity index (χ1v) is 14.7. The van der Waals surface area contributed by atoms with Crippen molar-refractivity contribution in [1.82, 2.24) is 24.3 Å². The standard InChI is InChI=1S/C33H34ClFN6O2/c1-39-11-13-40(14-12-39)19-28(42)20-41-10-9-25(18-41)24-5-7-31-29(16-24)33(37-22-36-31)38-27-6-8-32(30(34)17-27)43-21-23-3-2-4-26(35)15-23/h2-10,15-18,22,28,42H,11-14,19-21H2,1H3,(H,36,37,38). The van der Waals surface area contributed by atoms with Crippen LogP contribution in [-0.2, 0) is 13.2 Å². The molecule has 3 aromatic carbocycles. The molecule has 1 atom stereocenters. The Balaban J connectivity index is 1.13. The molecule has 2 aromatic heterocycles. The summed E-state index contributed by atoms with van der Waals surface area (Å²) in [5.74, 6) is 0.850. The average Bonchev–Trinajstić information content (AvgIpc) is 3.46. The minimum absolute atomic E-state index is 0.209. The van der Waals surface area contributed by atoms with E-state index < -0.39 is 6.10 Å². The van der Waals surface area contributed by atoms with E-state index in [4.69, 9.17) is 16.3 Å². The number of β-amino-alcohol motifs (C(OH)–C–C–N with tert-alkyl or cyclic N) is 1. The van der Waals surface area contributed by atoms with Crippen LogP contribution in [0, 0.1) is 5.82 Å². The number of nitrogens with zero attached hydrogens (tertiary/aromatic N) is 5. The van der Waals surface area contributed by atoms with Crippen molar-refractivity contribution in [1.29, 1.82) is 0 Å². The number of halogens is 2. The number of nitrogens with one attached hydrogen (secondary N) is 1. The molecule has 0 amide bonds. The quantitative estimate of drug-likeness (QED) is 0.209. The molecule has 0 saturated carbocycles. The summed E-state index contributed by atoms with van der Waals surface area (Å²) >= 11 is 6.52. The Kier molecular flexibility index (Phi) is 8.85. The largest absolute Gasteiger partial charge is 0.487 e. The summed E-state index contributed by atoms with van der Waals surface area (Å²) in [6, 6.07) is 19.8. The van der Waals surface area contributed by atoms with E-state index in [1.54, 1.807) is 24.3 Å². The highest BCUT2D eigenvalue weighted by Gasteiger charge is 2.17. The highest BCUT2D eigenvalue weighted by Crippen LogP contribution is 2.32. The lowest BCUT2D eigenvalue weighted by Crippen LogP contribution is -2.47. The molecule has 0 radical (unpaired) electrons. The van der Waals surface area contributed by atoms with Crippen LogP contribution in [0.4, 0.5) is 15.9 Å². The summed E-state index contributed by atoms with van der Waals surface area (Å²) in [6.45, 7) is 5.47. The number of piperazine rings is 1. The molecular weight excluding hydrogens is 567 g/mol. The second-order valence-electron chi connectivity index (χ2n) is 11.0. The molecule has 0 aliphatic carbocycles. The third-order valence-corrected chi connectivity index (χ3v) is 7.98. The van der Waals surface area contributed by atoms with Crippen LogP contribution in [0.1, 0.15) is 5.56 Å². The summed E-state index contributed by atoms with van der Waals surface area (Å²) in [6.07, 6.45) is 5.16. The number of aliphatic hydroxyl groups excluding tert-OH is 1. The fraction of sp³-hybridized carbons (Fsp3) is 0.273. The van der Waals surface area contributed by atoms with E-state index in [0.717, 1.165) is 59.5 Å². The summed E-state index contributed by atoms with van der Waals surface area (Å²) in [7, 11) is 2.13. The van der Waals surface area contributed by atoms with Gasteiger partial charge in [0.15, 0.2) is 0 Å². The molecule has 5 aromatic rings. The van der Waals surface area contributed by atoms with Crippen LogP contribution in [0.15, 0.2) is 85.5 Å². The van der Waals surface area contributed by atoms with Crippen LogP contribution in [0.5, 0.6) is 5.75 Å². The van der Waals surface area contributed by atoms with Crippen LogP contribution in [0.3, 0.4) is 0 Å². The molecule has 0 spiro atoms. The highest BCUT2D eigenvalue weighted by molar-refractivity contribution is 6.32. The molecule has 8 nitrogen and oxygen atoms in total. The molecule has 6 rings (SSSR count). The molecule has 1 fully saturated rings. The molecular formula is C33H34ClFN6O2. The van der Waals surface area contributed by atoms with Crippen LogP contribution >= 0.6 is 11.6 Å². The number of rotatable bonds is 10. The first-order chi connectivity index (χ1) is 20.9. The number of hydrogen-bond donors (Lipinski definition) is 2. The number of aromatic nitrogens is 3. The van der Waals surface area contributed by atoms with Crippen LogP contribution in [-0.4, -0.2) is 75.3 Å². The molecule has 2 N–H and O–H groups in total. The van der Waals surface area contributed by atoms with Gasteiger partial charge in [-0.1, -0.05) is 29.8 Å². The minimum Gasteiger partial charge on any atom is -0.487 e. The van der Waals surface area contributed by atoms with Crippen LogP contribution in [0.2, 0.25) is 5.02 Å². The predicted molar refractivity (Wildman–Crippen MR) is 168 cm³/mol. The van der Waals surface area contributed by atoms with E-state index in [-0.39, 0.29) is 12.4 Å². The molecule has 1 saturated heterocycles.